The van der Waals surface area contributed by atoms with E-state index >= 15 is 0 Å². The van der Waals surface area contributed by atoms with Crippen LogP contribution in [0.5, 0.6) is 11.8 Å². The van der Waals surface area contributed by atoms with Crippen LogP contribution in [0.1, 0.15) is 0 Å². The van der Waals surface area contributed by atoms with Crippen LogP contribution in [-0.4, -0.2) is 27.5 Å². The van der Waals surface area contributed by atoms with Gasteiger partial charge in [-0.25, -0.2) is 4.79 Å². The van der Waals surface area contributed by atoms with Gasteiger partial charge in [-0.1, -0.05) is 0 Å². The lowest BCUT2D eigenvalue weighted by atomic mass is 10.3. The van der Waals surface area contributed by atoms with Crippen molar-refractivity contribution < 1.29 is 19.2 Å². The molecule has 104 valence electrons. The number of amides is 1. The van der Waals surface area contributed by atoms with E-state index in [0.717, 1.165) is 11.5 Å². The quantitative estimate of drug-likeness (QED) is 0.677. The van der Waals surface area contributed by atoms with Crippen LogP contribution in [0.4, 0.5) is 15.6 Å². The van der Waals surface area contributed by atoms with Gasteiger partial charge >= 0.3 is 12.1 Å². The molecule has 2 aromatic rings. The maximum absolute atomic E-state index is 11.5. The van der Waals surface area contributed by atoms with E-state index in [1.165, 1.54) is 31.4 Å². The lowest BCUT2D eigenvalue weighted by molar-refractivity contribution is -0.384. The summed E-state index contributed by atoms with van der Waals surface area (Å²) < 4.78 is 13.5. The number of nitro benzene ring substituents is 1. The van der Waals surface area contributed by atoms with Crippen molar-refractivity contribution in [2.45, 2.75) is 0 Å². The summed E-state index contributed by atoms with van der Waals surface area (Å²) in [5.74, 6) is 0.171. The van der Waals surface area contributed by atoms with Crippen LogP contribution in [0.3, 0.4) is 0 Å². The molecule has 0 aliphatic rings. The number of nitrogens with zero attached hydrogens (tertiary/aromatic N) is 3. The number of hydrogen-bond donors (Lipinski definition) is 1. The number of hydrogen-bond acceptors (Lipinski definition) is 8. The Balaban J connectivity index is 1.95. The highest BCUT2D eigenvalue weighted by Gasteiger charge is 2.11. The average molecular weight is 296 g/mol. The molecular weight excluding hydrogens is 288 g/mol. The highest BCUT2D eigenvalue weighted by atomic mass is 32.1. The van der Waals surface area contributed by atoms with Crippen LogP contribution in [0.15, 0.2) is 24.3 Å². The van der Waals surface area contributed by atoms with Crippen molar-refractivity contribution in [2.24, 2.45) is 0 Å². The minimum atomic E-state index is -0.780. The normalized spacial score (nSPS) is 9.85. The number of benzene rings is 1. The molecule has 0 unspecified atom stereocenters. The molecule has 0 saturated heterocycles. The molecule has 1 N–H and O–H groups in total. The molecule has 20 heavy (non-hydrogen) atoms. The molecule has 0 radical (unpaired) electrons. The molecule has 2 rings (SSSR count). The molecule has 0 fully saturated rings. The zero-order valence-electron chi connectivity index (χ0n) is 10.1. The largest absolute Gasteiger partial charge is 0.466 e. The Kier molecular flexibility index (Phi) is 4.05. The molecule has 0 spiro atoms. The van der Waals surface area contributed by atoms with Crippen molar-refractivity contribution in [1.82, 2.24) is 9.36 Å². The fraction of sp³-hybridized carbons (Fsp3) is 0.100. The van der Waals surface area contributed by atoms with Crippen molar-refractivity contribution in [3.63, 3.8) is 0 Å². The van der Waals surface area contributed by atoms with E-state index in [1.807, 2.05) is 0 Å². The van der Waals surface area contributed by atoms with Gasteiger partial charge < -0.3 is 9.47 Å². The van der Waals surface area contributed by atoms with Crippen molar-refractivity contribution in [3.05, 3.63) is 34.4 Å². The van der Waals surface area contributed by atoms with Crippen molar-refractivity contribution in [3.8, 4) is 11.8 Å². The third-order valence-corrected chi connectivity index (χ3v) is 2.67. The van der Waals surface area contributed by atoms with E-state index in [-0.39, 0.29) is 22.6 Å². The summed E-state index contributed by atoms with van der Waals surface area (Å²) in [7, 11) is 1.40. The number of non-ortho nitro benzene ring substituents is 1. The van der Waals surface area contributed by atoms with Gasteiger partial charge in [-0.05, 0) is 12.1 Å². The Bertz CT molecular complexity index is 627. The first-order chi connectivity index (χ1) is 9.58. The average Bonchev–Trinajstić information content (AvgIpc) is 2.86. The first kappa shape index (κ1) is 13.7. The van der Waals surface area contributed by atoms with E-state index in [9.17, 15) is 14.9 Å². The van der Waals surface area contributed by atoms with Gasteiger partial charge in [0.05, 0.1) is 12.0 Å². The number of carbonyl (C=O) groups excluding carboxylic acids is 1. The van der Waals surface area contributed by atoms with Crippen LogP contribution >= 0.6 is 11.5 Å². The summed E-state index contributed by atoms with van der Waals surface area (Å²) in [6.45, 7) is 0. The SMILES string of the molecule is COc1nsc(NC(=O)Oc2ccc([N+](=O)[O-])cc2)n1. The third kappa shape index (κ3) is 3.38. The molecule has 10 heteroatoms. The molecule has 9 nitrogen and oxygen atoms in total. The number of aromatic nitrogens is 2. The third-order valence-electron chi connectivity index (χ3n) is 2.06. The predicted octanol–water partition coefficient (Wildman–Crippen LogP) is 2.07. The minimum absolute atomic E-state index is 0.0911. The fourth-order valence-corrected chi connectivity index (χ4v) is 1.73. The zero-order valence-corrected chi connectivity index (χ0v) is 10.9. The number of nitro groups is 1. The van der Waals surface area contributed by atoms with E-state index in [0.29, 0.717) is 0 Å². The molecule has 0 aliphatic heterocycles. The lowest BCUT2D eigenvalue weighted by Gasteiger charge is -2.03. The van der Waals surface area contributed by atoms with Gasteiger partial charge in [0, 0.05) is 23.7 Å². The first-order valence-electron chi connectivity index (χ1n) is 5.19. The van der Waals surface area contributed by atoms with Gasteiger partial charge in [0.2, 0.25) is 5.13 Å². The summed E-state index contributed by atoms with van der Waals surface area (Å²) in [4.78, 5) is 25.3. The molecule has 1 aromatic heterocycles. The van der Waals surface area contributed by atoms with Crippen LogP contribution in [-0.2, 0) is 0 Å². The van der Waals surface area contributed by atoms with Crippen LogP contribution in [0.25, 0.3) is 0 Å². The second-order valence-electron chi connectivity index (χ2n) is 3.35. The summed E-state index contributed by atoms with van der Waals surface area (Å²) in [6, 6.07) is 5.24. The van der Waals surface area contributed by atoms with Gasteiger partial charge in [0.25, 0.3) is 5.69 Å². The molecule has 0 atom stereocenters. The maximum atomic E-state index is 11.5. The fourth-order valence-electron chi connectivity index (χ4n) is 1.20. The highest BCUT2D eigenvalue weighted by molar-refractivity contribution is 7.10. The number of nitrogens with one attached hydrogen (secondary N) is 1. The van der Waals surface area contributed by atoms with Gasteiger partial charge in [0.1, 0.15) is 5.75 Å². The number of carbonyl (C=O) groups is 1. The molecule has 1 aromatic carbocycles. The van der Waals surface area contributed by atoms with Crippen LogP contribution in [0, 0.1) is 10.1 Å². The predicted molar refractivity (Wildman–Crippen MR) is 69.2 cm³/mol. The monoisotopic (exact) mass is 296 g/mol. The van der Waals surface area contributed by atoms with Gasteiger partial charge in [-0.3, -0.25) is 15.4 Å². The Morgan fingerprint density at radius 2 is 2.10 bits per heavy atom. The number of methoxy groups -OCH3 is 1. The van der Waals surface area contributed by atoms with Crippen LogP contribution < -0.4 is 14.8 Å². The number of ether oxygens (including phenoxy) is 2. The molecule has 1 heterocycles. The minimum Gasteiger partial charge on any atom is -0.466 e. The summed E-state index contributed by atoms with van der Waals surface area (Å²) >= 11 is 0.932. The summed E-state index contributed by atoms with van der Waals surface area (Å²) in [5, 5.41) is 13.0. The first-order valence-corrected chi connectivity index (χ1v) is 5.97. The Hall–Kier alpha value is -2.75. The summed E-state index contributed by atoms with van der Waals surface area (Å²) in [6.07, 6.45) is -0.780. The topological polar surface area (TPSA) is 116 Å². The Morgan fingerprint density at radius 3 is 2.65 bits per heavy atom. The van der Waals surface area contributed by atoms with E-state index in [2.05, 4.69) is 14.7 Å². The molecule has 0 bridgehead atoms. The van der Waals surface area contributed by atoms with Gasteiger partial charge in [0.15, 0.2) is 0 Å². The Morgan fingerprint density at radius 1 is 1.40 bits per heavy atom. The van der Waals surface area contributed by atoms with E-state index in [1.54, 1.807) is 0 Å². The van der Waals surface area contributed by atoms with Crippen molar-refractivity contribution in [2.75, 3.05) is 12.4 Å². The van der Waals surface area contributed by atoms with Gasteiger partial charge in [-0.15, -0.1) is 4.37 Å². The molecule has 0 aliphatic carbocycles. The lowest BCUT2D eigenvalue weighted by Crippen LogP contribution is -2.16. The van der Waals surface area contributed by atoms with E-state index < -0.39 is 11.0 Å². The second-order valence-corrected chi connectivity index (χ2v) is 4.10. The molecular formula is C10H8N4O5S. The van der Waals surface area contributed by atoms with E-state index in [4.69, 9.17) is 9.47 Å². The maximum Gasteiger partial charge on any atom is 0.418 e. The van der Waals surface area contributed by atoms with Gasteiger partial charge in [-0.2, -0.15) is 4.98 Å². The summed E-state index contributed by atoms with van der Waals surface area (Å²) in [5.41, 5.74) is -0.0911. The Labute approximate surface area is 116 Å². The van der Waals surface area contributed by atoms with Crippen molar-refractivity contribution in [1.29, 1.82) is 0 Å². The zero-order chi connectivity index (χ0) is 14.5. The number of rotatable bonds is 4. The second kappa shape index (κ2) is 5.93. The number of anilines is 1. The van der Waals surface area contributed by atoms with Crippen LogP contribution in [0.2, 0.25) is 0 Å². The smallest absolute Gasteiger partial charge is 0.418 e. The molecule has 1 amide bonds. The standard InChI is InChI=1S/C10H8N4O5S/c1-18-8-11-9(20-13-8)12-10(15)19-7-4-2-6(3-5-7)14(16)17/h2-5H,1H3,(H,11,12,13,15). The molecule has 0 saturated carbocycles. The highest BCUT2D eigenvalue weighted by Crippen LogP contribution is 2.19. The van der Waals surface area contributed by atoms with Crippen molar-refractivity contribution >= 4 is 28.4 Å².